The molecule has 8 rings (SSSR count). The maximum absolute atomic E-state index is 13.2. The van der Waals surface area contributed by atoms with E-state index in [4.69, 9.17) is 16.2 Å². The standard InChI is InChI=1S/C42H28N12O28S7/c43-33-26(15-29(86(67,68)69)22-13-28(84-82-80-63)34(39(56)32(22)33)49-46-24-9-4-18(54(60)61)12-30(24)87(70,71)72)48-47-25-10-7-20-21(40(25)89(76,77)78)14-31(88(73,74)75)35(38(20)55)50-45-23-8-1-16(11-27(23)83-81-79-62)44-51-36-37(42(58)59)52-53(41(36)57)17-2-5-19(6-3-17)85(64,65)66/h1-15,55-57,62-63H,43H2,(H,58,59)(H,64,65,66)(H,67,68,69)(H,70,71,72)(H,73,74,75)(H,76,77,78). The number of aromatic carboxylic acids is 1. The molecule has 0 aliphatic heterocycles. The molecule has 8 aromatic rings. The zero-order chi connectivity index (χ0) is 65.5. The molecule has 0 spiro atoms. The molecule has 89 heavy (non-hydrogen) atoms. The lowest BCUT2D eigenvalue weighted by Gasteiger charge is -2.15. The van der Waals surface area contributed by atoms with Crippen molar-refractivity contribution in [3.8, 4) is 23.1 Å². The van der Waals surface area contributed by atoms with Gasteiger partial charge >= 0.3 is 5.97 Å². The van der Waals surface area contributed by atoms with E-state index in [1.54, 1.807) is 0 Å². The van der Waals surface area contributed by atoms with Gasteiger partial charge in [-0.25, -0.2) is 15.3 Å². The van der Waals surface area contributed by atoms with Gasteiger partial charge in [-0.15, -0.1) is 44.5 Å². The Kier molecular flexibility index (Phi) is 18.5. The van der Waals surface area contributed by atoms with Crippen molar-refractivity contribution < 1.29 is 124 Å². The fourth-order valence-corrected chi connectivity index (χ4v) is 12.0. The van der Waals surface area contributed by atoms with Gasteiger partial charge in [-0.2, -0.15) is 57.0 Å². The minimum Gasteiger partial charge on any atom is -0.505 e. The van der Waals surface area contributed by atoms with Gasteiger partial charge in [0.05, 0.1) is 66.1 Å². The molecule has 0 aliphatic carbocycles. The molecule has 0 radical (unpaired) electrons. The minimum absolute atomic E-state index is 0.0417. The number of hydrogen-bond acceptors (Lipinski definition) is 34. The molecule has 0 saturated carbocycles. The molecule has 1 heterocycles. The second kappa shape index (κ2) is 25.1. The number of rotatable bonds is 22. The number of aromatic hydroxyl groups is 3. The molecule has 0 aliphatic rings. The lowest BCUT2D eigenvalue weighted by molar-refractivity contribution is -0.432. The third-order valence-corrected chi connectivity index (χ3v) is 17.2. The van der Waals surface area contributed by atoms with E-state index in [-0.39, 0.29) is 40.4 Å². The number of fused-ring (bicyclic) bond motifs is 2. The molecule has 40 nitrogen and oxygen atoms in total. The molecule has 47 heteroatoms. The van der Waals surface area contributed by atoms with Gasteiger partial charge in [0.2, 0.25) is 11.6 Å². The Morgan fingerprint density at radius 3 is 1.70 bits per heavy atom. The number of nitrogens with zero attached hydrogens (tertiary/aromatic N) is 11. The maximum Gasteiger partial charge on any atom is 0.358 e. The second-order valence-corrected chi connectivity index (χ2v) is 25.2. The molecule has 466 valence electrons. The summed E-state index contributed by atoms with van der Waals surface area (Å²) >= 11 is 0.109. The molecular formula is C42H28N12O28S7. The number of azo groups is 4. The molecule has 7 aromatic carbocycles. The van der Waals surface area contributed by atoms with Crippen LogP contribution in [0.2, 0.25) is 0 Å². The zero-order valence-electron chi connectivity index (χ0n) is 42.4. The van der Waals surface area contributed by atoms with Crippen molar-refractivity contribution in [3.63, 3.8) is 0 Å². The average molecular weight is 1370 g/mol. The van der Waals surface area contributed by atoms with Crippen LogP contribution in [0.1, 0.15) is 10.5 Å². The highest BCUT2D eigenvalue weighted by Gasteiger charge is 2.31. The number of nitro benzene ring substituents is 1. The first-order valence-corrected chi connectivity index (χ1v) is 31.1. The van der Waals surface area contributed by atoms with Crippen LogP contribution in [-0.4, -0.2) is 116 Å². The van der Waals surface area contributed by atoms with Crippen LogP contribution in [0.15, 0.2) is 166 Å². The quantitative estimate of drug-likeness (QED) is 0.00571. The summed E-state index contributed by atoms with van der Waals surface area (Å²) in [6, 6.07) is 12.0. The van der Waals surface area contributed by atoms with Crippen LogP contribution >= 0.6 is 24.1 Å². The monoisotopic (exact) mass is 1370 g/mol. The molecule has 1 aromatic heterocycles. The summed E-state index contributed by atoms with van der Waals surface area (Å²) in [6.07, 6.45) is 0. The summed E-state index contributed by atoms with van der Waals surface area (Å²) in [7, 11) is -26.8. The van der Waals surface area contributed by atoms with Crippen LogP contribution in [-0.2, 0) is 69.3 Å². The van der Waals surface area contributed by atoms with Crippen molar-refractivity contribution in [3.05, 3.63) is 107 Å². The van der Waals surface area contributed by atoms with Crippen molar-refractivity contribution in [2.75, 3.05) is 5.73 Å². The Labute approximate surface area is 501 Å². The van der Waals surface area contributed by atoms with Crippen molar-refractivity contribution in [2.24, 2.45) is 40.9 Å². The third-order valence-electron chi connectivity index (χ3n) is 11.4. The Morgan fingerprint density at radius 1 is 0.551 bits per heavy atom. The SMILES string of the molecule is Nc1c(N=Nc2ccc3c(O)c(N=Nc4ccc(N=Nc5c(C(=O)O)nn(-c6ccc(S(=O)(=O)O)cc6)c5O)cc4SOOO)c(S(=O)(=O)O)cc3c2S(=O)(=O)O)cc(S(=O)(=O)O)c2cc(SOOO)c(N=Nc3ccc([N+](=O)[O-])cc3S(=O)(=O)O)c(O)c12. The number of benzene rings is 7. The normalized spacial score (nSPS) is 12.9. The Hall–Kier alpha value is -9.25. The minimum atomic E-state index is -5.72. The Bertz CT molecular complexity index is 5030. The number of phenolic OH excluding ortho intramolecular Hbond substituents is 2. The van der Waals surface area contributed by atoms with Crippen LogP contribution in [0.25, 0.3) is 27.2 Å². The Balaban J connectivity index is 1.21. The topological polar surface area (TPSA) is 633 Å². The predicted octanol–water partition coefficient (Wildman–Crippen LogP) is 9.24. The largest absolute Gasteiger partial charge is 0.505 e. The third kappa shape index (κ3) is 14.0. The first-order valence-electron chi connectivity index (χ1n) is 22.4. The summed E-state index contributed by atoms with van der Waals surface area (Å²) in [5, 5.41) is 111. The lowest BCUT2D eigenvalue weighted by atomic mass is 10.0. The summed E-state index contributed by atoms with van der Waals surface area (Å²) < 4.78 is 185. The van der Waals surface area contributed by atoms with E-state index in [0.717, 1.165) is 60.7 Å². The summed E-state index contributed by atoms with van der Waals surface area (Å²) in [6.45, 7) is 0. The molecule has 13 N–H and O–H groups in total. The van der Waals surface area contributed by atoms with Gasteiger partial charge in [-0.1, -0.05) is 10.1 Å². The van der Waals surface area contributed by atoms with E-state index < -0.39 is 187 Å². The van der Waals surface area contributed by atoms with Crippen LogP contribution in [0, 0.1) is 10.1 Å². The van der Waals surface area contributed by atoms with Gasteiger partial charge in [0.25, 0.3) is 56.3 Å². The first-order chi connectivity index (χ1) is 41.5. The van der Waals surface area contributed by atoms with Gasteiger partial charge in [0.15, 0.2) is 17.2 Å². The number of nitro groups is 1. The number of phenols is 2. The van der Waals surface area contributed by atoms with Crippen LogP contribution < -0.4 is 5.73 Å². The molecule has 0 atom stereocenters. The Morgan fingerprint density at radius 2 is 1.11 bits per heavy atom. The fourth-order valence-electron chi connectivity index (χ4n) is 7.71. The van der Waals surface area contributed by atoms with E-state index in [0.29, 0.717) is 35.0 Å². The van der Waals surface area contributed by atoms with Gasteiger partial charge in [0, 0.05) is 28.3 Å². The van der Waals surface area contributed by atoms with Crippen LogP contribution in [0.5, 0.6) is 17.4 Å². The molecule has 0 unspecified atom stereocenters. The van der Waals surface area contributed by atoms with Crippen LogP contribution in [0.3, 0.4) is 0 Å². The van der Waals surface area contributed by atoms with E-state index in [9.17, 15) is 100 Å². The van der Waals surface area contributed by atoms with E-state index in [1.165, 1.54) is 0 Å². The van der Waals surface area contributed by atoms with Crippen molar-refractivity contribution in [1.82, 2.24) is 9.78 Å². The maximum atomic E-state index is 13.2. The number of nitrogen functional groups attached to an aromatic ring is 1. The first kappa shape index (κ1) is 65.7. The van der Waals surface area contributed by atoms with E-state index in [1.807, 2.05) is 0 Å². The molecule has 0 amide bonds. The number of non-ortho nitro benzene ring substituents is 1. The average Bonchev–Trinajstić information content (AvgIpc) is 1.38. The molecule has 0 fully saturated rings. The van der Waals surface area contributed by atoms with Crippen LogP contribution in [0.4, 0.5) is 56.9 Å². The van der Waals surface area contributed by atoms with Crippen molar-refractivity contribution in [2.45, 2.75) is 34.3 Å². The van der Waals surface area contributed by atoms with Crippen molar-refractivity contribution in [1.29, 1.82) is 0 Å². The van der Waals surface area contributed by atoms with E-state index in [2.05, 4.69) is 64.8 Å². The number of aromatic nitrogens is 2. The van der Waals surface area contributed by atoms with Gasteiger partial charge < -0.3 is 26.2 Å². The van der Waals surface area contributed by atoms with Crippen molar-refractivity contribution >= 4 is 159 Å². The van der Waals surface area contributed by atoms with Gasteiger partial charge in [-0.05, 0) is 78.9 Å². The molecular weight excluding hydrogens is 1340 g/mol. The lowest BCUT2D eigenvalue weighted by Crippen LogP contribution is -2.03. The summed E-state index contributed by atoms with van der Waals surface area (Å²) in [5.41, 5.74) is -2.44. The second-order valence-electron chi connectivity index (χ2n) is 16.8. The number of hydrogen-bond donors (Lipinski definition) is 12. The van der Waals surface area contributed by atoms with E-state index >= 15 is 0 Å². The number of carbonyl (C=O) groups is 1. The highest BCUT2D eigenvalue weighted by atomic mass is 32.2. The highest BCUT2D eigenvalue weighted by molar-refractivity contribution is 7.95. The fraction of sp³-hybridized carbons (Fsp3) is 0. The number of carboxylic acid groups (broad SMARTS) is 1. The summed E-state index contributed by atoms with van der Waals surface area (Å²) in [4.78, 5) is 15.8. The smallest absolute Gasteiger partial charge is 0.358 e. The molecule has 0 saturated heterocycles. The predicted molar refractivity (Wildman–Crippen MR) is 294 cm³/mol. The van der Waals surface area contributed by atoms with Gasteiger partial charge in [-0.3, -0.25) is 32.9 Å². The molecule has 0 bridgehead atoms. The number of carboxylic acids is 1. The number of nitrogens with two attached hydrogens (primary N) is 1. The summed E-state index contributed by atoms with van der Waals surface area (Å²) in [5.74, 6) is -5.20. The number of anilines is 1. The highest BCUT2D eigenvalue weighted by Crippen LogP contribution is 2.51. The zero-order valence-corrected chi connectivity index (χ0v) is 48.1. The van der Waals surface area contributed by atoms with Gasteiger partial charge in [0.1, 0.15) is 53.7 Å².